The van der Waals surface area contributed by atoms with E-state index >= 15 is 0 Å². The number of hydrogen-bond acceptors (Lipinski definition) is 5. The molecule has 0 spiro atoms. The first-order valence-electron chi connectivity index (χ1n) is 5.22. The largest absolute Gasteiger partial charge is 0.469 e. The van der Waals surface area contributed by atoms with Crippen molar-refractivity contribution < 1.29 is 13.9 Å². The van der Waals surface area contributed by atoms with Gasteiger partial charge in [-0.05, 0) is 17.7 Å². The zero-order valence-corrected chi connectivity index (χ0v) is 12.3. The number of rotatable bonds is 5. The normalized spacial score (nSPS) is 10.1. The van der Waals surface area contributed by atoms with E-state index < -0.39 is 0 Å². The molecule has 0 bridgehead atoms. The van der Waals surface area contributed by atoms with Crippen molar-refractivity contribution >= 4 is 45.2 Å². The van der Waals surface area contributed by atoms with Gasteiger partial charge >= 0.3 is 5.97 Å². The van der Waals surface area contributed by atoms with E-state index in [1.54, 1.807) is 12.1 Å². The third-order valence-electron chi connectivity index (χ3n) is 2.02. The molecule has 0 amide bonds. The Morgan fingerprint density at radius 2 is 2.00 bits per heavy atom. The van der Waals surface area contributed by atoms with Crippen LogP contribution >= 0.6 is 35.7 Å². The van der Waals surface area contributed by atoms with Crippen molar-refractivity contribution in [3.63, 3.8) is 0 Å². The molecular weight excluding hydrogens is 291 g/mol. The highest BCUT2D eigenvalue weighted by atomic mass is 32.2. The van der Waals surface area contributed by atoms with Crippen LogP contribution in [0.3, 0.4) is 0 Å². The van der Waals surface area contributed by atoms with Gasteiger partial charge in [0, 0.05) is 11.5 Å². The van der Waals surface area contributed by atoms with E-state index in [-0.39, 0.29) is 11.8 Å². The molecule has 1 rings (SSSR count). The Labute approximate surface area is 120 Å². The van der Waals surface area contributed by atoms with Crippen LogP contribution in [-0.2, 0) is 15.3 Å². The van der Waals surface area contributed by atoms with Crippen LogP contribution in [0, 0.1) is 5.82 Å². The van der Waals surface area contributed by atoms with Crippen LogP contribution in [-0.4, -0.2) is 22.4 Å². The van der Waals surface area contributed by atoms with E-state index in [0.717, 1.165) is 9.09 Å². The molecule has 0 saturated heterocycles. The highest BCUT2D eigenvalue weighted by molar-refractivity contribution is 8.46. The fraction of sp³-hybridized carbons (Fsp3) is 0.333. The predicted molar refractivity (Wildman–Crippen MR) is 79.4 cm³/mol. The van der Waals surface area contributed by atoms with Gasteiger partial charge in [-0.2, -0.15) is 0 Å². The van der Waals surface area contributed by atoms with Gasteiger partial charge in [-0.1, -0.05) is 24.4 Å². The summed E-state index contributed by atoms with van der Waals surface area (Å²) in [7, 11) is 1.37. The number of carbonyl (C=O) groups excluding carboxylic acids is 1. The van der Waals surface area contributed by atoms with Crippen molar-refractivity contribution in [2.24, 2.45) is 0 Å². The van der Waals surface area contributed by atoms with Gasteiger partial charge in [0.15, 0.2) is 0 Å². The zero-order valence-electron chi connectivity index (χ0n) is 9.85. The smallest absolute Gasteiger partial charge is 0.306 e. The van der Waals surface area contributed by atoms with E-state index in [4.69, 9.17) is 12.2 Å². The lowest BCUT2D eigenvalue weighted by Crippen LogP contribution is -2.01. The van der Waals surface area contributed by atoms with Gasteiger partial charge in [0.25, 0.3) is 0 Å². The van der Waals surface area contributed by atoms with Crippen molar-refractivity contribution in [1.82, 2.24) is 0 Å². The van der Waals surface area contributed by atoms with Gasteiger partial charge in [0.05, 0.1) is 13.5 Å². The second kappa shape index (κ2) is 8.50. The third kappa shape index (κ3) is 6.37. The first-order chi connectivity index (χ1) is 8.61. The van der Waals surface area contributed by atoms with Crippen LogP contribution in [0.2, 0.25) is 0 Å². The van der Waals surface area contributed by atoms with Gasteiger partial charge in [-0.25, -0.2) is 4.39 Å². The van der Waals surface area contributed by atoms with E-state index in [2.05, 4.69) is 4.74 Å². The zero-order chi connectivity index (χ0) is 13.4. The maximum Gasteiger partial charge on any atom is 0.306 e. The van der Waals surface area contributed by atoms with Crippen LogP contribution in [0.25, 0.3) is 0 Å². The highest BCUT2D eigenvalue weighted by Gasteiger charge is 2.04. The van der Waals surface area contributed by atoms with Gasteiger partial charge in [-0.3, -0.25) is 4.79 Å². The SMILES string of the molecule is COC(=O)CCSC(=S)SCc1ccc(F)cc1. The number of hydrogen-bond donors (Lipinski definition) is 0. The minimum absolute atomic E-state index is 0.228. The number of thiocarbonyl (C=S) groups is 1. The molecule has 0 aliphatic heterocycles. The summed E-state index contributed by atoms with van der Waals surface area (Å²) in [5.41, 5.74) is 1.03. The van der Waals surface area contributed by atoms with Crippen molar-refractivity contribution in [3.05, 3.63) is 35.6 Å². The van der Waals surface area contributed by atoms with Crippen molar-refractivity contribution in [1.29, 1.82) is 0 Å². The Balaban J connectivity index is 2.21. The van der Waals surface area contributed by atoms with Crippen molar-refractivity contribution in [2.75, 3.05) is 12.9 Å². The van der Waals surface area contributed by atoms with E-state index in [1.165, 1.54) is 42.8 Å². The summed E-state index contributed by atoms with van der Waals surface area (Å²) in [6.07, 6.45) is 0.360. The topological polar surface area (TPSA) is 26.3 Å². The summed E-state index contributed by atoms with van der Waals surface area (Å²) in [6, 6.07) is 6.35. The number of thioether (sulfide) groups is 2. The maximum absolute atomic E-state index is 12.7. The molecule has 0 fully saturated rings. The second-order valence-corrected chi connectivity index (χ2v) is 6.61. The lowest BCUT2D eigenvalue weighted by molar-refractivity contribution is -0.140. The van der Waals surface area contributed by atoms with Gasteiger partial charge in [0.2, 0.25) is 0 Å². The Hall–Kier alpha value is -0.590. The molecule has 1 aromatic carbocycles. The van der Waals surface area contributed by atoms with Crippen LogP contribution in [0.4, 0.5) is 4.39 Å². The standard InChI is InChI=1S/C12H13FO2S3/c1-15-11(14)6-7-17-12(16)18-8-9-2-4-10(13)5-3-9/h2-5H,6-8H2,1H3. The van der Waals surface area contributed by atoms with Crippen LogP contribution in [0.5, 0.6) is 0 Å². The number of ether oxygens (including phenoxy) is 1. The van der Waals surface area contributed by atoms with E-state index in [9.17, 15) is 9.18 Å². The monoisotopic (exact) mass is 304 g/mol. The Morgan fingerprint density at radius 3 is 2.61 bits per heavy atom. The van der Waals surface area contributed by atoms with Gasteiger partial charge < -0.3 is 4.74 Å². The Kier molecular flexibility index (Phi) is 7.31. The molecule has 0 N–H and O–H groups in total. The lowest BCUT2D eigenvalue weighted by atomic mass is 10.2. The molecule has 0 atom stereocenters. The minimum Gasteiger partial charge on any atom is -0.469 e. The summed E-state index contributed by atoms with van der Waals surface area (Å²) < 4.78 is 18.0. The fourth-order valence-electron chi connectivity index (χ4n) is 1.08. The number of methoxy groups -OCH3 is 1. The Bertz CT molecular complexity index is 406. The molecule has 0 unspecified atom stereocenters. The summed E-state index contributed by atoms with van der Waals surface area (Å²) in [5, 5.41) is 0. The van der Waals surface area contributed by atoms with E-state index in [1.807, 2.05) is 0 Å². The molecular formula is C12H13FO2S3. The summed E-state index contributed by atoms with van der Waals surface area (Å²) in [6.45, 7) is 0. The van der Waals surface area contributed by atoms with Crippen LogP contribution < -0.4 is 0 Å². The number of benzene rings is 1. The summed E-state index contributed by atoms with van der Waals surface area (Å²) in [5.74, 6) is 0.874. The average molecular weight is 304 g/mol. The number of halogens is 1. The minimum atomic E-state index is -0.237. The van der Waals surface area contributed by atoms with Crippen LogP contribution in [0.1, 0.15) is 12.0 Å². The first kappa shape index (κ1) is 15.5. The molecule has 2 nitrogen and oxygen atoms in total. The highest BCUT2D eigenvalue weighted by Crippen LogP contribution is 2.22. The molecule has 1 aromatic rings. The molecule has 18 heavy (non-hydrogen) atoms. The third-order valence-corrected chi connectivity index (χ3v) is 4.80. The molecule has 0 aliphatic carbocycles. The van der Waals surface area contributed by atoms with Gasteiger partial charge in [0.1, 0.15) is 9.35 Å². The van der Waals surface area contributed by atoms with Gasteiger partial charge in [-0.15, -0.1) is 23.5 Å². The molecule has 0 radical (unpaired) electrons. The maximum atomic E-state index is 12.7. The summed E-state index contributed by atoms with van der Waals surface area (Å²) >= 11 is 8.14. The molecule has 0 heterocycles. The fourth-order valence-corrected chi connectivity index (χ4v) is 3.18. The van der Waals surface area contributed by atoms with Crippen molar-refractivity contribution in [3.8, 4) is 0 Å². The number of esters is 1. The number of carbonyl (C=O) groups is 1. The average Bonchev–Trinajstić information content (AvgIpc) is 2.38. The first-order valence-corrected chi connectivity index (χ1v) is 7.60. The molecule has 0 saturated carbocycles. The molecule has 0 aliphatic rings. The predicted octanol–water partition coefficient (Wildman–Crippen LogP) is 3.64. The summed E-state index contributed by atoms with van der Waals surface area (Å²) in [4.78, 5) is 10.9. The quantitative estimate of drug-likeness (QED) is 0.611. The van der Waals surface area contributed by atoms with Crippen molar-refractivity contribution in [2.45, 2.75) is 12.2 Å². The molecule has 0 aromatic heterocycles. The Morgan fingerprint density at radius 1 is 1.33 bits per heavy atom. The molecule has 98 valence electrons. The van der Waals surface area contributed by atoms with E-state index in [0.29, 0.717) is 17.9 Å². The molecule has 6 heteroatoms. The van der Waals surface area contributed by atoms with Crippen LogP contribution in [0.15, 0.2) is 24.3 Å². The second-order valence-electron chi connectivity index (χ2n) is 3.34. The lowest BCUT2D eigenvalue weighted by Gasteiger charge is -2.03.